The number of rotatable bonds is 22. The Hall–Kier alpha value is -5.19. The molecule has 51 heavy (non-hydrogen) atoms. The summed E-state index contributed by atoms with van der Waals surface area (Å²) in [5.41, 5.74) is 1.45. The van der Waals surface area contributed by atoms with Crippen molar-refractivity contribution < 1.29 is 52.4 Å². The number of esters is 4. The van der Waals surface area contributed by atoms with Gasteiger partial charge in [-0.3, -0.25) is 14.4 Å². The summed E-state index contributed by atoms with van der Waals surface area (Å²) in [5, 5.41) is 0. The fourth-order valence-electron chi connectivity index (χ4n) is 5.04. The normalized spacial score (nSPS) is 12.8. The van der Waals surface area contributed by atoms with Crippen molar-refractivity contribution in [2.24, 2.45) is 0 Å². The monoisotopic (exact) mass is 704 g/mol. The number of allylic oxidation sites excluding steroid dienone is 1. The quantitative estimate of drug-likeness (QED) is 0.0414. The molecule has 0 N–H and O–H groups in total. The molecule has 11 heteroatoms. The highest BCUT2D eigenvalue weighted by molar-refractivity contribution is 6.06. The molecule has 0 saturated heterocycles. The molecule has 0 aliphatic heterocycles. The maximum absolute atomic E-state index is 12.7. The Bertz CT molecular complexity index is 1500. The molecule has 0 aromatic heterocycles. The number of benzene rings is 2. The maximum atomic E-state index is 12.7. The molecule has 0 heterocycles. The summed E-state index contributed by atoms with van der Waals surface area (Å²) in [4.78, 5) is 59.9. The molecular formula is C40H48O11. The molecule has 274 valence electrons. The summed E-state index contributed by atoms with van der Waals surface area (Å²) in [6.07, 6.45) is 11.1. The van der Waals surface area contributed by atoms with Gasteiger partial charge in [0, 0.05) is 16.7 Å². The summed E-state index contributed by atoms with van der Waals surface area (Å²) in [6.45, 7) is 8.08. The highest BCUT2D eigenvalue weighted by atomic mass is 16.6. The van der Waals surface area contributed by atoms with Gasteiger partial charge in [-0.05, 0) is 99.4 Å². The van der Waals surface area contributed by atoms with Gasteiger partial charge in [0.15, 0.2) is 5.78 Å². The van der Waals surface area contributed by atoms with E-state index in [2.05, 4.69) is 17.9 Å². The predicted octanol–water partition coefficient (Wildman–Crippen LogP) is 6.93. The van der Waals surface area contributed by atoms with Crippen LogP contribution < -0.4 is 9.47 Å². The first-order chi connectivity index (χ1) is 24.6. The third-order valence-electron chi connectivity index (χ3n) is 7.94. The molecule has 11 nitrogen and oxygen atoms in total. The smallest absolute Gasteiger partial charge is 0.334 e. The fourth-order valence-corrected chi connectivity index (χ4v) is 5.04. The Morgan fingerprint density at radius 2 is 1.22 bits per heavy atom. The Kier molecular flexibility index (Phi) is 17.8. The van der Waals surface area contributed by atoms with Crippen LogP contribution in [0, 0.1) is 0 Å². The number of ether oxygens (including phenoxy) is 6. The molecule has 1 saturated carbocycles. The van der Waals surface area contributed by atoms with Crippen LogP contribution in [0.5, 0.6) is 11.5 Å². The summed E-state index contributed by atoms with van der Waals surface area (Å²) in [6, 6.07) is 14.0. The first-order valence-electron chi connectivity index (χ1n) is 17.3. The fraction of sp³-hybridized carbons (Fsp3) is 0.425. The van der Waals surface area contributed by atoms with Gasteiger partial charge in [0.05, 0.1) is 33.2 Å². The van der Waals surface area contributed by atoms with E-state index in [1.54, 1.807) is 54.6 Å². The Morgan fingerprint density at radius 1 is 0.667 bits per heavy atom. The highest BCUT2D eigenvalue weighted by Crippen LogP contribution is 2.21. The molecule has 1 aliphatic rings. The van der Waals surface area contributed by atoms with Crippen molar-refractivity contribution >= 4 is 35.7 Å². The molecule has 0 amide bonds. The molecule has 2 aromatic carbocycles. The average Bonchev–Trinajstić information content (AvgIpc) is 3.14. The first-order valence-corrected chi connectivity index (χ1v) is 17.3. The summed E-state index contributed by atoms with van der Waals surface area (Å²) in [5.74, 6) is -1.16. The Labute approximate surface area is 299 Å². The van der Waals surface area contributed by atoms with E-state index in [0.29, 0.717) is 30.1 Å². The molecule has 2 aromatic rings. The van der Waals surface area contributed by atoms with Gasteiger partial charge in [-0.2, -0.15) is 0 Å². The van der Waals surface area contributed by atoms with Crippen LogP contribution in [0.1, 0.15) is 86.6 Å². The lowest BCUT2D eigenvalue weighted by atomic mass is 9.98. The van der Waals surface area contributed by atoms with Crippen molar-refractivity contribution in [1.82, 2.24) is 0 Å². The summed E-state index contributed by atoms with van der Waals surface area (Å²) in [7, 11) is 1.23. The van der Waals surface area contributed by atoms with Crippen LogP contribution in [-0.2, 0) is 38.1 Å². The van der Waals surface area contributed by atoms with Gasteiger partial charge in [-0.1, -0.05) is 37.8 Å². The van der Waals surface area contributed by atoms with Crippen LogP contribution in [-0.4, -0.2) is 69.3 Å². The lowest BCUT2D eigenvalue weighted by Gasteiger charge is -2.21. The van der Waals surface area contributed by atoms with E-state index in [1.165, 1.54) is 19.6 Å². The topological polar surface area (TPSA) is 141 Å². The average molecular weight is 705 g/mol. The minimum Gasteiger partial charge on any atom is -0.494 e. The number of methoxy groups -OCH3 is 1. The minimum absolute atomic E-state index is 0.00509. The van der Waals surface area contributed by atoms with Crippen molar-refractivity contribution in [3.8, 4) is 11.5 Å². The maximum Gasteiger partial charge on any atom is 0.334 e. The van der Waals surface area contributed by atoms with E-state index < -0.39 is 23.9 Å². The molecule has 0 atom stereocenters. The van der Waals surface area contributed by atoms with Crippen molar-refractivity contribution in [1.29, 1.82) is 0 Å². The van der Waals surface area contributed by atoms with Crippen LogP contribution in [0.25, 0.3) is 6.08 Å². The van der Waals surface area contributed by atoms with Crippen LogP contribution in [0.3, 0.4) is 0 Å². The summed E-state index contributed by atoms with van der Waals surface area (Å²) >= 11 is 0. The molecule has 0 unspecified atom stereocenters. The SMILES string of the molecule is C=C(CC(=O)OC)C(=O)OCCOc1ccc(/C=C/C(=O)c2ccc(OCCCCCCOC(=O)C(=C)CC(=O)OC3CCCCC3)cc2)cc1. The van der Waals surface area contributed by atoms with Crippen molar-refractivity contribution in [2.45, 2.75) is 76.7 Å². The Balaban J connectivity index is 1.23. The zero-order valence-electron chi connectivity index (χ0n) is 29.4. The predicted molar refractivity (Wildman–Crippen MR) is 190 cm³/mol. The second-order valence-corrected chi connectivity index (χ2v) is 12.1. The minimum atomic E-state index is -0.687. The van der Waals surface area contributed by atoms with Gasteiger partial charge in [0.2, 0.25) is 0 Å². The van der Waals surface area contributed by atoms with Gasteiger partial charge in [-0.15, -0.1) is 0 Å². The van der Waals surface area contributed by atoms with E-state index in [9.17, 15) is 24.0 Å². The Morgan fingerprint density at radius 3 is 1.84 bits per heavy atom. The van der Waals surface area contributed by atoms with E-state index >= 15 is 0 Å². The first kappa shape index (κ1) is 40.2. The van der Waals surface area contributed by atoms with Crippen LogP contribution in [0.2, 0.25) is 0 Å². The van der Waals surface area contributed by atoms with Crippen molar-refractivity contribution in [3.63, 3.8) is 0 Å². The molecule has 3 rings (SSSR count). The van der Waals surface area contributed by atoms with E-state index in [0.717, 1.165) is 50.5 Å². The standard InChI is InChI=1S/C40H48O11/c1-29(27-37(42)46-3)40(45)50-26-25-48-33-18-13-31(14-19-33)15-22-36(41)32-16-20-34(21-17-32)47-23-9-4-5-10-24-49-39(44)30(2)28-38(43)51-35-11-7-6-8-12-35/h13-22,35H,1-2,4-12,23-28H2,3H3/b22-15+. The van der Waals surface area contributed by atoms with E-state index in [1.807, 2.05) is 0 Å². The lowest BCUT2D eigenvalue weighted by molar-refractivity contribution is -0.151. The van der Waals surface area contributed by atoms with Gasteiger partial charge >= 0.3 is 23.9 Å². The number of hydrogen-bond donors (Lipinski definition) is 0. The third-order valence-corrected chi connectivity index (χ3v) is 7.94. The highest BCUT2D eigenvalue weighted by Gasteiger charge is 2.20. The molecule has 1 fully saturated rings. The van der Waals surface area contributed by atoms with Gasteiger partial charge in [0.25, 0.3) is 0 Å². The number of unbranched alkanes of at least 4 members (excludes halogenated alkanes) is 3. The van der Waals surface area contributed by atoms with Crippen molar-refractivity contribution in [2.75, 3.05) is 33.5 Å². The van der Waals surface area contributed by atoms with Crippen LogP contribution in [0.4, 0.5) is 0 Å². The number of carbonyl (C=O) groups is 5. The molecule has 0 bridgehead atoms. The van der Waals surface area contributed by atoms with E-state index in [-0.39, 0.29) is 55.7 Å². The second-order valence-electron chi connectivity index (χ2n) is 12.1. The van der Waals surface area contributed by atoms with Crippen LogP contribution >= 0.6 is 0 Å². The summed E-state index contributed by atoms with van der Waals surface area (Å²) < 4.78 is 31.6. The second kappa shape index (κ2) is 22.5. The van der Waals surface area contributed by atoms with Crippen molar-refractivity contribution in [3.05, 3.63) is 90.0 Å². The lowest BCUT2D eigenvalue weighted by Crippen LogP contribution is -2.22. The number of ketones is 1. The zero-order valence-corrected chi connectivity index (χ0v) is 29.4. The molecular weight excluding hydrogens is 656 g/mol. The molecule has 1 aliphatic carbocycles. The van der Waals surface area contributed by atoms with E-state index in [4.69, 9.17) is 23.7 Å². The van der Waals surface area contributed by atoms with Crippen LogP contribution in [0.15, 0.2) is 78.9 Å². The van der Waals surface area contributed by atoms with Gasteiger partial charge in [0.1, 0.15) is 30.8 Å². The molecule has 0 spiro atoms. The van der Waals surface area contributed by atoms with Gasteiger partial charge in [-0.25, -0.2) is 9.59 Å². The third kappa shape index (κ3) is 15.9. The zero-order chi connectivity index (χ0) is 36.8. The number of carbonyl (C=O) groups excluding carboxylic acids is 5. The largest absolute Gasteiger partial charge is 0.494 e. The number of hydrogen-bond acceptors (Lipinski definition) is 11. The molecule has 0 radical (unpaired) electrons. The van der Waals surface area contributed by atoms with Gasteiger partial charge < -0.3 is 28.4 Å².